The van der Waals surface area contributed by atoms with Crippen LogP contribution in [0.5, 0.6) is 0 Å². The molecule has 0 aliphatic rings. The van der Waals surface area contributed by atoms with Crippen LogP contribution in [-0.4, -0.2) is 38.4 Å². The van der Waals surface area contributed by atoms with Crippen molar-refractivity contribution in [3.63, 3.8) is 0 Å². The first-order chi connectivity index (χ1) is 12.5. The van der Waals surface area contributed by atoms with Gasteiger partial charge >= 0.3 is 0 Å². The minimum Gasteiger partial charge on any atom is -0.343 e. The molecular formula is C21H26N4O. The number of hydrogen-bond acceptors (Lipinski definition) is 3. The lowest BCUT2D eigenvalue weighted by Crippen LogP contribution is -2.37. The highest BCUT2D eigenvalue weighted by molar-refractivity contribution is 5.78. The van der Waals surface area contributed by atoms with E-state index in [2.05, 4.69) is 40.5 Å². The van der Waals surface area contributed by atoms with Gasteiger partial charge in [-0.3, -0.25) is 9.78 Å². The lowest BCUT2D eigenvalue weighted by atomic mass is 10.1. The predicted molar refractivity (Wildman–Crippen MR) is 104 cm³/mol. The van der Waals surface area contributed by atoms with Crippen LogP contribution in [0.15, 0.2) is 42.6 Å². The number of carbonyl (C=O) groups is 1. The topological polar surface area (TPSA) is 51.0 Å². The molecule has 1 aromatic carbocycles. The Bertz CT molecular complexity index is 915. The zero-order valence-corrected chi connectivity index (χ0v) is 15.9. The maximum atomic E-state index is 12.7. The summed E-state index contributed by atoms with van der Waals surface area (Å²) < 4.78 is 2.12. The molecule has 2 heterocycles. The molecular weight excluding hydrogens is 324 g/mol. The van der Waals surface area contributed by atoms with Gasteiger partial charge in [0.1, 0.15) is 5.82 Å². The Hall–Kier alpha value is -2.69. The van der Waals surface area contributed by atoms with Crippen LogP contribution < -0.4 is 0 Å². The first-order valence-corrected chi connectivity index (χ1v) is 9.05. The second kappa shape index (κ2) is 7.68. The van der Waals surface area contributed by atoms with Gasteiger partial charge in [0.25, 0.3) is 0 Å². The number of pyridine rings is 1. The van der Waals surface area contributed by atoms with Crippen molar-refractivity contribution in [3.8, 4) is 0 Å². The Morgan fingerprint density at radius 2 is 1.96 bits per heavy atom. The Labute approximate surface area is 154 Å². The lowest BCUT2D eigenvalue weighted by Gasteiger charge is -2.25. The van der Waals surface area contributed by atoms with Crippen molar-refractivity contribution in [2.45, 2.75) is 46.2 Å². The van der Waals surface area contributed by atoms with Crippen molar-refractivity contribution in [1.82, 2.24) is 19.4 Å². The van der Waals surface area contributed by atoms with Crippen LogP contribution in [-0.2, 0) is 17.8 Å². The smallest absolute Gasteiger partial charge is 0.224 e. The van der Waals surface area contributed by atoms with Crippen LogP contribution >= 0.6 is 0 Å². The summed E-state index contributed by atoms with van der Waals surface area (Å²) in [5.41, 5.74) is 4.28. The Kier molecular flexibility index (Phi) is 5.35. The zero-order valence-electron chi connectivity index (χ0n) is 15.9. The van der Waals surface area contributed by atoms with Gasteiger partial charge < -0.3 is 9.47 Å². The van der Waals surface area contributed by atoms with E-state index < -0.39 is 0 Å². The number of aryl methyl sites for hydroxylation is 3. The third kappa shape index (κ3) is 3.77. The summed E-state index contributed by atoms with van der Waals surface area (Å²) in [6.45, 7) is 6.76. The summed E-state index contributed by atoms with van der Waals surface area (Å²) >= 11 is 0. The maximum absolute atomic E-state index is 12.7. The minimum atomic E-state index is 0.108. The standard InChI is InChI=1S/C21H26N4O/c1-15-8-7-12-22-19(15)14-16(2)24(4)21(26)11-13-25-17(3)23-18-9-5-6-10-20(18)25/h5-10,12,16H,11,13-14H2,1-4H3. The molecule has 0 spiro atoms. The maximum Gasteiger partial charge on any atom is 0.224 e. The molecule has 5 heteroatoms. The van der Waals surface area contributed by atoms with Crippen LogP contribution in [0.2, 0.25) is 0 Å². The molecule has 0 aliphatic carbocycles. The number of fused-ring (bicyclic) bond motifs is 1. The van der Waals surface area contributed by atoms with Crippen LogP contribution in [0, 0.1) is 13.8 Å². The second-order valence-corrected chi connectivity index (χ2v) is 6.87. The fourth-order valence-electron chi connectivity index (χ4n) is 3.26. The summed E-state index contributed by atoms with van der Waals surface area (Å²) in [5.74, 6) is 1.09. The molecule has 26 heavy (non-hydrogen) atoms. The number of rotatable bonds is 6. The van der Waals surface area contributed by atoms with Gasteiger partial charge in [-0.1, -0.05) is 18.2 Å². The van der Waals surface area contributed by atoms with E-state index >= 15 is 0 Å². The third-order valence-corrected chi connectivity index (χ3v) is 5.06. The fraction of sp³-hybridized carbons (Fsp3) is 0.381. The number of hydrogen-bond donors (Lipinski definition) is 0. The summed E-state index contributed by atoms with van der Waals surface area (Å²) in [6.07, 6.45) is 3.04. The van der Waals surface area contributed by atoms with Gasteiger partial charge in [-0.25, -0.2) is 4.98 Å². The molecule has 0 aliphatic heterocycles. The number of carbonyl (C=O) groups excluding carboxylic acids is 1. The van der Waals surface area contributed by atoms with Crippen LogP contribution in [0.4, 0.5) is 0 Å². The molecule has 0 saturated carbocycles. The molecule has 2 aromatic heterocycles. The molecule has 3 aromatic rings. The molecule has 0 bridgehead atoms. The molecule has 136 valence electrons. The van der Waals surface area contributed by atoms with Crippen molar-refractivity contribution in [2.75, 3.05) is 7.05 Å². The third-order valence-electron chi connectivity index (χ3n) is 5.06. The van der Waals surface area contributed by atoms with Gasteiger partial charge in [-0.05, 0) is 44.5 Å². The van der Waals surface area contributed by atoms with Gasteiger partial charge in [-0.15, -0.1) is 0 Å². The summed E-state index contributed by atoms with van der Waals surface area (Å²) in [6, 6.07) is 12.2. The van der Waals surface area contributed by atoms with Gasteiger partial charge in [0.2, 0.25) is 5.91 Å². The van der Waals surface area contributed by atoms with E-state index in [-0.39, 0.29) is 11.9 Å². The predicted octanol–water partition coefficient (Wildman–Crippen LogP) is 3.53. The highest BCUT2D eigenvalue weighted by Crippen LogP contribution is 2.16. The molecule has 0 fully saturated rings. The van der Waals surface area contributed by atoms with E-state index in [4.69, 9.17) is 0 Å². The van der Waals surface area contributed by atoms with Crippen molar-refractivity contribution >= 4 is 16.9 Å². The van der Waals surface area contributed by atoms with Crippen molar-refractivity contribution < 1.29 is 4.79 Å². The van der Waals surface area contributed by atoms with Gasteiger partial charge in [0, 0.05) is 44.4 Å². The Morgan fingerprint density at radius 3 is 2.73 bits per heavy atom. The van der Waals surface area contributed by atoms with Gasteiger partial charge in [0.05, 0.1) is 11.0 Å². The van der Waals surface area contributed by atoms with Gasteiger partial charge in [-0.2, -0.15) is 0 Å². The molecule has 5 nitrogen and oxygen atoms in total. The summed E-state index contributed by atoms with van der Waals surface area (Å²) in [7, 11) is 1.88. The van der Waals surface area contributed by atoms with E-state index in [1.165, 1.54) is 5.56 Å². The second-order valence-electron chi connectivity index (χ2n) is 6.87. The first-order valence-electron chi connectivity index (χ1n) is 9.05. The number of likely N-dealkylation sites (N-methyl/N-ethyl adjacent to an activating group) is 1. The molecule has 3 rings (SSSR count). The monoisotopic (exact) mass is 350 g/mol. The molecule has 0 radical (unpaired) electrons. The van der Waals surface area contributed by atoms with E-state index in [0.29, 0.717) is 13.0 Å². The normalized spacial score (nSPS) is 12.3. The molecule has 0 N–H and O–H groups in total. The van der Waals surface area contributed by atoms with E-state index in [0.717, 1.165) is 29.0 Å². The number of imidazole rings is 1. The number of para-hydroxylation sites is 2. The summed E-state index contributed by atoms with van der Waals surface area (Å²) in [5, 5.41) is 0. The summed E-state index contributed by atoms with van der Waals surface area (Å²) in [4.78, 5) is 23.5. The van der Waals surface area contributed by atoms with Gasteiger partial charge in [0.15, 0.2) is 0 Å². The number of amides is 1. The number of aromatic nitrogens is 3. The van der Waals surface area contributed by atoms with Crippen LogP contribution in [0.25, 0.3) is 11.0 Å². The van der Waals surface area contributed by atoms with Crippen LogP contribution in [0.3, 0.4) is 0 Å². The quantitative estimate of drug-likeness (QED) is 0.683. The molecule has 1 unspecified atom stereocenters. The lowest BCUT2D eigenvalue weighted by molar-refractivity contribution is -0.131. The minimum absolute atomic E-state index is 0.108. The first kappa shape index (κ1) is 18.1. The zero-order chi connectivity index (χ0) is 18.7. The average molecular weight is 350 g/mol. The molecule has 1 amide bonds. The van der Waals surface area contributed by atoms with Crippen molar-refractivity contribution in [3.05, 3.63) is 59.7 Å². The Morgan fingerprint density at radius 1 is 1.19 bits per heavy atom. The van der Waals surface area contributed by atoms with E-state index in [9.17, 15) is 4.79 Å². The highest BCUT2D eigenvalue weighted by Gasteiger charge is 2.18. The Balaban J connectivity index is 1.63. The van der Waals surface area contributed by atoms with E-state index in [1.807, 2.05) is 49.3 Å². The fourth-order valence-corrected chi connectivity index (χ4v) is 3.26. The van der Waals surface area contributed by atoms with Crippen molar-refractivity contribution in [1.29, 1.82) is 0 Å². The number of nitrogens with zero attached hydrogens (tertiary/aromatic N) is 4. The highest BCUT2D eigenvalue weighted by atomic mass is 16.2. The average Bonchev–Trinajstić information content (AvgIpc) is 2.96. The SMILES string of the molecule is Cc1cccnc1CC(C)N(C)C(=O)CCn1c(C)nc2ccccc21. The largest absolute Gasteiger partial charge is 0.343 e. The molecule has 1 atom stereocenters. The number of benzene rings is 1. The van der Waals surface area contributed by atoms with E-state index in [1.54, 1.807) is 0 Å². The van der Waals surface area contributed by atoms with Crippen LogP contribution in [0.1, 0.15) is 30.4 Å². The van der Waals surface area contributed by atoms with Crippen molar-refractivity contribution in [2.24, 2.45) is 0 Å². The molecule has 0 saturated heterocycles.